The number of carbonyl (C=O) groups excluding carboxylic acids is 3. The van der Waals surface area contributed by atoms with Gasteiger partial charge in [-0.05, 0) is 49.9 Å². The quantitative estimate of drug-likeness (QED) is 0.706. The Balaban J connectivity index is 1.28. The van der Waals surface area contributed by atoms with Crippen molar-refractivity contribution in [2.24, 2.45) is 5.92 Å². The lowest BCUT2D eigenvalue weighted by molar-refractivity contribution is -0.141. The molecule has 8 nitrogen and oxygen atoms in total. The van der Waals surface area contributed by atoms with Gasteiger partial charge in [0.15, 0.2) is 0 Å². The van der Waals surface area contributed by atoms with Gasteiger partial charge in [-0.1, -0.05) is 19.3 Å². The predicted octanol–water partition coefficient (Wildman–Crippen LogP) is 2.47. The first-order chi connectivity index (χ1) is 15.6. The van der Waals surface area contributed by atoms with Crippen molar-refractivity contribution in [3.8, 4) is 0 Å². The third kappa shape index (κ3) is 5.86. The van der Waals surface area contributed by atoms with Gasteiger partial charge < -0.3 is 20.3 Å². The molecule has 0 radical (unpaired) electrons. The van der Waals surface area contributed by atoms with Gasteiger partial charge in [0, 0.05) is 36.9 Å². The van der Waals surface area contributed by atoms with Gasteiger partial charge in [0.05, 0.1) is 19.8 Å². The first kappa shape index (κ1) is 22.7. The maximum atomic E-state index is 13.0. The molecule has 2 N–H and O–H groups in total. The molecular weight excluding hydrogens is 408 g/mol. The Bertz CT molecular complexity index is 801. The fraction of sp³-hybridized carbons (Fsp3) is 0.625. The van der Waals surface area contributed by atoms with Crippen LogP contribution in [0.25, 0.3) is 0 Å². The SMILES string of the molecule is O=C(CN1CCOCC1)Nc1ccc(NC(=O)C2CCCN2C(=O)C2CCCCC2)cc1. The molecule has 4 rings (SSSR count). The van der Waals surface area contributed by atoms with E-state index in [9.17, 15) is 14.4 Å². The summed E-state index contributed by atoms with van der Waals surface area (Å²) in [5.74, 6) is 0.0421. The number of anilines is 2. The Morgan fingerprint density at radius 3 is 2.19 bits per heavy atom. The maximum Gasteiger partial charge on any atom is 0.247 e. The van der Waals surface area contributed by atoms with E-state index < -0.39 is 6.04 Å². The summed E-state index contributed by atoms with van der Waals surface area (Å²) in [5, 5.41) is 5.85. The van der Waals surface area contributed by atoms with Crippen molar-refractivity contribution in [2.75, 3.05) is 50.0 Å². The molecule has 1 saturated carbocycles. The number of hydrogen-bond donors (Lipinski definition) is 2. The highest BCUT2D eigenvalue weighted by Crippen LogP contribution is 2.29. The Kier molecular flexibility index (Phi) is 7.76. The summed E-state index contributed by atoms with van der Waals surface area (Å²) in [7, 11) is 0. The molecule has 32 heavy (non-hydrogen) atoms. The molecule has 0 aromatic heterocycles. The van der Waals surface area contributed by atoms with Crippen LogP contribution in [0.3, 0.4) is 0 Å². The third-order valence-electron chi connectivity index (χ3n) is 6.70. The minimum Gasteiger partial charge on any atom is -0.379 e. The minimum atomic E-state index is -0.391. The molecule has 8 heteroatoms. The van der Waals surface area contributed by atoms with E-state index in [-0.39, 0.29) is 23.6 Å². The molecular formula is C24H34N4O4. The topological polar surface area (TPSA) is 91.0 Å². The number of nitrogens with zero attached hydrogens (tertiary/aromatic N) is 2. The second-order valence-corrected chi connectivity index (χ2v) is 9.03. The molecule has 2 saturated heterocycles. The summed E-state index contributed by atoms with van der Waals surface area (Å²) >= 11 is 0. The molecule has 1 aromatic rings. The minimum absolute atomic E-state index is 0.0634. The average Bonchev–Trinajstić information content (AvgIpc) is 3.31. The van der Waals surface area contributed by atoms with E-state index in [1.165, 1.54) is 6.42 Å². The summed E-state index contributed by atoms with van der Waals surface area (Å²) in [6, 6.07) is 6.74. The van der Waals surface area contributed by atoms with E-state index in [0.717, 1.165) is 45.2 Å². The first-order valence-corrected chi connectivity index (χ1v) is 11.9. The van der Waals surface area contributed by atoms with Gasteiger partial charge in [-0.2, -0.15) is 0 Å². The number of amides is 3. The van der Waals surface area contributed by atoms with Crippen molar-refractivity contribution in [3.05, 3.63) is 24.3 Å². The van der Waals surface area contributed by atoms with E-state index in [1.807, 2.05) is 0 Å². The van der Waals surface area contributed by atoms with Gasteiger partial charge in [-0.25, -0.2) is 0 Å². The van der Waals surface area contributed by atoms with Gasteiger partial charge in [-0.15, -0.1) is 0 Å². The fourth-order valence-electron chi connectivity index (χ4n) is 4.91. The average molecular weight is 443 g/mol. The molecule has 0 spiro atoms. The van der Waals surface area contributed by atoms with Gasteiger partial charge in [0.1, 0.15) is 6.04 Å². The fourth-order valence-corrected chi connectivity index (χ4v) is 4.91. The molecule has 3 aliphatic rings. The largest absolute Gasteiger partial charge is 0.379 e. The summed E-state index contributed by atoms with van der Waals surface area (Å²) in [4.78, 5) is 42.0. The molecule has 0 bridgehead atoms. The number of rotatable bonds is 6. The highest BCUT2D eigenvalue weighted by atomic mass is 16.5. The van der Waals surface area contributed by atoms with E-state index in [4.69, 9.17) is 4.74 Å². The number of hydrogen-bond acceptors (Lipinski definition) is 5. The second kappa shape index (κ2) is 10.9. The van der Waals surface area contributed by atoms with E-state index in [2.05, 4.69) is 15.5 Å². The number of benzene rings is 1. The standard InChI is InChI=1S/C24H34N4O4/c29-22(17-27-13-15-32-16-14-27)25-19-8-10-20(11-9-19)26-23(30)21-7-4-12-28(21)24(31)18-5-2-1-3-6-18/h8-11,18,21H,1-7,12-17H2,(H,25,29)(H,26,30). The zero-order chi connectivity index (χ0) is 22.3. The van der Waals surface area contributed by atoms with Gasteiger partial charge >= 0.3 is 0 Å². The Labute approximate surface area is 189 Å². The van der Waals surface area contributed by atoms with Crippen LogP contribution in [0, 0.1) is 5.92 Å². The highest BCUT2D eigenvalue weighted by Gasteiger charge is 2.37. The Hall–Kier alpha value is -2.45. The predicted molar refractivity (Wildman–Crippen MR) is 122 cm³/mol. The van der Waals surface area contributed by atoms with Gasteiger partial charge in [0.2, 0.25) is 17.7 Å². The molecule has 174 valence electrons. The molecule has 2 heterocycles. The number of morpholine rings is 1. The van der Waals surface area contributed by atoms with Gasteiger partial charge in [0.25, 0.3) is 0 Å². The number of likely N-dealkylation sites (tertiary alicyclic amines) is 1. The van der Waals surface area contributed by atoms with Crippen molar-refractivity contribution in [1.29, 1.82) is 0 Å². The molecule has 3 fully saturated rings. The van der Waals surface area contributed by atoms with E-state index >= 15 is 0 Å². The van der Waals surface area contributed by atoms with E-state index in [0.29, 0.717) is 44.1 Å². The summed E-state index contributed by atoms with van der Waals surface area (Å²) in [6.07, 6.45) is 6.89. The molecule has 2 aliphatic heterocycles. The summed E-state index contributed by atoms with van der Waals surface area (Å²) < 4.78 is 5.30. The van der Waals surface area contributed by atoms with Crippen molar-refractivity contribution in [3.63, 3.8) is 0 Å². The second-order valence-electron chi connectivity index (χ2n) is 9.03. The Morgan fingerprint density at radius 1 is 0.844 bits per heavy atom. The monoisotopic (exact) mass is 442 g/mol. The van der Waals surface area contributed by atoms with Crippen LogP contribution in [0.1, 0.15) is 44.9 Å². The number of ether oxygens (including phenoxy) is 1. The van der Waals surface area contributed by atoms with Crippen molar-refractivity contribution >= 4 is 29.1 Å². The van der Waals surface area contributed by atoms with E-state index in [1.54, 1.807) is 29.2 Å². The maximum absolute atomic E-state index is 13.0. The summed E-state index contributed by atoms with van der Waals surface area (Å²) in [6.45, 7) is 3.86. The third-order valence-corrected chi connectivity index (χ3v) is 6.70. The van der Waals surface area contributed by atoms with Crippen LogP contribution in [-0.4, -0.2) is 73.0 Å². The van der Waals surface area contributed by atoms with Crippen molar-refractivity contribution in [2.45, 2.75) is 51.0 Å². The van der Waals surface area contributed by atoms with Crippen LogP contribution in [0.5, 0.6) is 0 Å². The normalized spacial score (nSPS) is 22.5. The van der Waals surface area contributed by atoms with Crippen LogP contribution < -0.4 is 10.6 Å². The number of carbonyl (C=O) groups is 3. The van der Waals surface area contributed by atoms with Crippen LogP contribution in [0.15, 0.2) is 24.3 Å². The van der Waals surface area contributed by atoms with Crippen molar-refractivity contribution < 1.29 is 19.1 Å². The lowest BCUT2D eigenvalue weighted by Gasteiger charge is -2.30. The molecule has 3 amide bonds. The summed E-state index contributed by atoms with van der Waals surface area (Å²) in [5.41, 5.74) is 1.36. The first-order valence-electron chi connectivity index (χ1n) is 11.9. The molecule has 1 aliphatic carbocycles. The zero-order valence-electron chi connectivity index (χ0n) is 18.7. The van der Waals surface area contributed by atoms with Crippen LogP contribution in [0.4, 0.5) is 11.4 Å². The lowest BCUT2D eigenvalue weighted by Crippen LogP contribution is -2.46. The van der Waals surface area contributed by atoms with Crippen LogP contribution in [-0.2, 0) is 19.1 Å². The zero-order valence-corrected chi connectivity index (χ0v) is 18.7. The molecule has 1 atom stereocenters. The van der Waals surface area contributed by atoms with Crippen molar-refractivity contribution in [1.82, 2.24) is 9.80 Å². The smallest absolute Gasteiger partial charge is 0.247 e. The Morgan fingerprint density at radius 2 is 1.50 bits per heavy atom. The number of nitrogens with one attached hydrogen (secondary N) is 2. The molecule has 1 unspecified atom stereocenters. The lowest BCUT2D eigenvalue weighted by atomic mass is 9.88. The molecule has 1 aromatic carbocycles. The highest BCUT2D eigenvalue weighted by molar-refractivity contribution is 5.98. The van der Waals surface area contributed by atoms with Crippen LogP contribution in [0.2, 0.25) is 0 Å². The van der Waals surface area contributed by atoms with Gasteiger partial charge in [-0.3, -0.25) is 19.3 Å². The van der Waals surface area contributed by atoms with Crippen LogP contribution >= 0.6 is 0 Å².